The molecular formula is C74H62F3N9O17. The topological polar surface area (TPSA) is 342 Å². The summed E-state index contributed by atoms with van der Waals surface area (Å²) in [6.45, 7) is 2.33. The van der Waals surface area contributed by atoms with Gasteiger partial charge in [-0.2, -0.15) is 0 Å². The van der Waals surface area contributed by atoms with Gasteiger partial charge in [-0.05, 0) is 160 Å². The van der Waals surface area contributed by atoms with Gasteiger partial charge in [-0.25, -0.2) is 18.0 Å². The van der Waals surface area contributed by atoms with E-state index < -0.39 is 23.4 Å². The Balaban J connectivity index is 0.000000138. The number of halogens is 3. The SMILES string of the molecule is COc1ccc(CNc2ccc3c(c2)c(N=O)c(O)n3Cc2cc(F)cc3c2OCOC3)cc1O.O=Nc1c(O)n(Cc2cc(F)cc3c2OCOC3)c2ccc(NCc3ccc(C(=O)O)cc3)cc12.O=Nc1c(O)n(Cc2cc(F)cc3c2OCOC3)c2ccc(NCc3ccc(O)cc3)cc12. The number of nitroso groups, excluding NO2 is 3. The van der Waals surface area contributed by atoms with Crippen LogP contribution in [-0.2, 0) is 73.3 Å². The highest BCUT2D eigenvalue weighted by atomic mass is 19.1. The molecule has 6 heterocycles. The van der Waals surface area contributed by atoms with Crippen LogP contribution in [0.4, 0.5) is 47.3 Å². The van der Waals surface area contributed by atoms with Crippen LogP contribution in [0.5, 0.6) is 52.1 Å². The van der Waals surface area contributed by atoms with Gasteiger partial charge in [0.1, 0.15) is 40.4 Å². The van der Waals surface area contributed by atoms with Gasteiger partial charge in [0.2, 0.25) is 17.6 Å². The third-order valence-electron chi connectivity index (χ3n) is 17.4. The molecule has 3 aliphatic rings. The highest BCUT2D eigenvalue weighted by molar-refractivity contribution is 5.99. The molecule has 29 heteroatoms. The number of carboxylic acids is 1. The van der Waals surface area contributed by atoms with E-state index in [2.05, 4.69) is 31.5 Å². The van der Waals surface area contributed by atoms with Gasteiger partial charge in [0, 0.05) is 86.2 Å². The van der Waals surface area contributed by atoms with Gasteiger partial charge in [0.15, 0.2) is 48.9 Å². The minimum atomic E-state index is -0.994. The van der Waals surface area contributed by atoms with Gasteiger partial charge < -0.3 is 93.4 Å². The fourth-order valence-corrected chi connectivity index (χ4v) is 12.5. The lowest BCUT2D eigenvalue weighted by Gasteiger charge is -2.21. The summed E-state index contributed by atoms with van der Waals surface area (Å²) in [5, 5.41) is 80.8. The highest BCUT2D eigenvalue weighted by Gasteiger charge is 2.27. The number of hydrogen-bond acceptors (Lipinski definition) is 22. The first-order chi connectivity index (χ1) is 49.9. The smallest absolute Gasteiger partial charge is 0.335 e. The second-order valence-corrected chi connectivity index (χ2v) is 24.0. The maximum Gasteiger partial charge on any atom is 0.335 e. The number of hydrogen-bond donors (Lipinski definition) is 9. The van der Waals surface area contributed by atoms with Crippen molar-refractivity contribution in [3.63, 3.8) is 0 Å². The summed E-state index contributed by atoms with van der Waals surface area (Å²) in [6.07, 6.45) is 0. The minimum absolute atomic E-state index is 0.0340. The molecule has 0 saturated heterocycles. The van der Waals surface area contributed by atoms with Crippen molar-refractivity contribution in [1.29, 1.82) is 0 Å². The second kappa shape index (κ2) is 29.9. The largest absolute Gasteiger partial charge is 0.508 e. The maximum atomic E-state index is 14.2. The molecule has 0 aliphatic carbocycles. The molecule has 0 atom stereocenters. The van der Waals surface area contributed by atoms with Gasteiger partial charge in [-0.3, -0.25) is 0 Å². The molecule has 0 saturated carbocycles. The number of carboxylic acid groups (broad SMARTS) is 1. The van der Waals surface area contributed by atoms with Crippen LogP contribution in [0.1, 0.15) is 60.4 Å². The third-order valence-corrected chi connectivity index (χ3v) is 17.4. The standard InChI is InChI=1S/C25H22FN3O6.C25H20FN3O6.C24H20FN3O5/c1-33-22-5-2-14(6-21(22)30)10-27-18-3-4-20-19(9-18)23(28-32)25(31)29(20)11-15-7-17(26)8-16-12-34-13-35-24(15)16;26-18-7-16(23-17(8-18)12-34-13-35-23)11-29-21-6-5-19(9-20(21)22(28-33)24(29)30)27-10-14-1-3-15(4-2-14)25(31)32;25-17-7-15(23-16(8-17)12-32-13-33-23)11-28-21-6-3-18(9-20(21)22(27-31)24(28)30)26-10-14-1-4-19(29)5-2-14/h2-9,27,30-31H,10-13H2,1H3;1-9,27,30H,10-13H2,(H,31,32);1-9,26,29-30H,10-13H2. The molecule has 0 amide bonds. The number of aromatic carboxylic acids is 1. The Morgan fingerprint density at radius 3 is 1.15 bits per heavy atom. The molecule has 15 rings (SSSR count). The number of aromatic hydroxyl groups is 5. The Morgan fingerprint density at radius 2 is 0.806 bits per heavy atom. The van der Waals surface area contributed by atoms with Crippen LogP contribution in [0, 0.1) is 32.2 Å². The van der Waals surface area contributed by atoms with Gasteiger partial charge in [-0.1, -0.05) is 30.3 Å². The molecule has 0 unspecified atom stereocenters. The van der Waals surface area contributed by atoms with Gasteiger partial charge in [0.05, 0.1) is 68.7 Å². The van der Waals surface area contributed by atoms with Crippen molar-refractivity contribution in [2.24, 2.45) is 15.5 Å². The Morgan fingerprint density at radius 1 is 0.456 bits per heavy atom. The summed E-state index contributed by atoms with van der Waals surface area (Å²) in [6, 6.07) is 42.2. The number of methoxy groups -OCH3 is 1. The molecule has 0 fully saturated rings. The molecule has 0 bridgehead atoms. The third kappa shape index (κ3) is 14.6. The van der Waals surface area contributed by atoms with Crippen LogP contribution in [0.15, 0.2) is 173 Å². The Labute approximate surface area is 581 Å². The molecule has 12 aromatic rings. The number of phenols is 2. The molecule has 526 valence electrons. The summed E-state index contributed by atoms with van der Waals surface area (Å²) in [7, 11) is 1.48. The molecule has 0 radical (unpaired) electrons. The quantitative estimate of drug-likeness (QED) is 0.0320. The van der Waals surface area contributed by atoms with E-state index >= 15 is 0 Å². The van der Waals surface area contributed by atoms with Crippen molar-refractivity contribution in [3.8, 4) is 52.1 Å². The number of nitrogens with one attached hydrogen (secondary N) is 3. The number of benzene rings is 9. The van der Waals surface area contributed by atoms with E-state index in [1.165, 1.54) is 69.3 Å². The number of aromatic nitrogens is 3. The molecule has 103 heavy (non-hydrogen) atoms. The zero-order valence-electron chi connectivity index (χ0n) is 54.5. The first-order valence-electron chi connectivity index (χ1n) is 31.7. The predicted octanol–water partition coefficient (Wildman–Crippen LogP) is 15.4. The number of rotatable bonds is 20. The molecule has 0 spiro atoms. The number of nitrogens with zero attached hydrogens (tertiary/aromatic N) is 6. The van der Waals surface area contributed by atoms with Crippen molar-refractivity contribution < 1.29 is 81.8 Å². The number of anilines is 3. The van der Waals surface area contributed by atoms with E-state index in [0.29, 0.717) is 120 Å². The van der Waals surface area contributed by atoms with Crippen LogP contribution in [-0.4, -0.2) is 77.8 Å². The van der Waals surface area contributed by atoms with Crippen LogP contribution in [0.3, 0.4) is 0 Å². The van der Waals surface area contributed by atoms with E-state index in [4.69, 9.17) is 38.3 Å². The molecule has 9 aromatic carbocycles. The normalized spacial score (nSPS) is 12.8. The van der Waals surface area contributed by atoms with Gasteiger partial charge >= 0.3 is 5.97 Å². The van der Waals surface area contributed by atoms with Crippen LogP contribution >= 0.6 is 0 Å². The lowest BCUT2D eigenvalue weighted by atomic mass is 10.1. The first-order valence-corrected chi connectivity index (χ1v) is 31.7. The van der Waals surface area contributed by atoms with E-state index in [-0.39, 0.29) is 112 Å². The molecule has 3 aromatic heterocycles. The fraction of sp³-hybridized carbons (Fsp3) is 0.176. The van der Waals surface area contributed by atoms with Gasteiger partial charge in [-0.15, -0.1) is 14.7 Å². The zero-order valence-corrected chi connectivity index (χ0v) is 54.5. The Kier molecular flexibility index (Phi) is 19.9. The van der Waals surface area contributed by atoms with Crippen molar-refractivity contribution >= 4 is 72.8 Å². The van der Waals surface area contributed by atoms with Crippen LogP contribution in [0.2, 0.25) is 0 Å². The minimum Gasteiger partial charge on any atom is -0.508 e. The van der Waals surface area contributed by atoms with Crippen LogP contribution in [0.25, 0.3) is 32.7 Å². The Hall–Kier alpha value is -12.9. The maximum absolute atomic E-state index is 14.2. The number of ether oxygens (including phenoxy) is 7. The fourth-order valence-electron chi connectivity index (χ4n) is 12.5. The van der Waals surface area contributed by atoms with Crippen molar-refractivity contribution in [2.75, 3.05) is 43.4 Å². The molecule has 3 aliphatic heterocycles. The number of phenolic OH excluding ortho intramolecular Hbond substituents is 2. The van der Waals surface area contributed by atoms with Crippen molar-refractivity contribution in [2.45, 2.75) is 59.1 Å². The highest BCUT2D eigenvalue weighted by Crippen LogP contribution is 2.45. The molecular weight excluding hydrogens is 1340 g/mol. The average molecular weight is 1410 g/mol. The summed E-state index contributed by atoms with van der Waals surface area (Å²) in [4.78, 5) is 45.7. The summed E-state index contributed by atoms with van der Waals surface area (Å²) < 4.78 is 84.5. The van der Waals surface area contributed by atoms with E-state index in [1.807, 2.05) is 12.1 Å². The van der Waals surface area contributed by atoms with E-state index in [9.17, 15) is 58.2 Å². The monoisotopic (exact) mass is 1410 g/mol. The van der Waals surface area contributed by atoms with E-state index in [0.717, 1.165) is 22.4 Å². The first kappa shape index (κ1) is 68.7. The van der Waals surface area contributed by atoms with Crippen molar-refractivity contribution in [3.05, 3.63) is 246 Å². The number of carbonyl (C=O) groups is 1. The summed E-state index contributed by atoms with van der Waals surface area (Å²) >= 11 is 0. The summed E-state index contributed by atoms with van der Waals surface area (Å²) in [5.74, 6) is -1.19. The molecule has 9 N–H and O–H groups in total. The molecule has 26 nitrogen and oxygen atoms in total. The second-order valence-electron chi connectivity index (χ2n) is 24.0. The average Bonchev–Trinajstić information content (AvgIpc) is 1.64. The lowest BCUT2D eigenvalue weighted by Crippen LogP contribution is -2.14. The lowest BCUT2D eigenvalue weighted by molar-refractivity contribution is -0.0174. The number of fused-ring (bicyclic) bond motifs is 6. The zero-order chi connectivity index (χ0) is 72.0. The van der Waals surface area contributed by atoms with Gasteiger partial charge in [0.25, 0.3) is 0 Å². The van der Waals surface area contributed by atoms with E-state index in [1.54, 1.807) is 97.1 Å². The predicted molar refractivity (Wildman–Crippen MR) is 373 cm³/mol. The van der Waals surface area contributed by atoms with Crippen molar-refractivity contribution in [1.82, 2.24) is 13.7 Å². The summed E-state index contributed by atoms with van der Waals surface area (Å²) in [5.41, 5.74) is 9.52. The Bertz CT molecular complexity index is 5260. The van der Waals surface area contributed by atoms with Crippen LogP contribution < -0.4 is 34.9 Å².